The Balaban J connectivity index is 3.09. The maximum atomic E-state index is 12.3. The van der Waals surface area contributed by atoms with E-state index in [1.165, 1.54) is 4.31 Å². The largest absolute Gasteiger partial charge is 0.290 e. The molecule has 0 aliphatic carbocycles. The van der Waals surface area contributed by atoms with Gasteiger partial charge in [0, 0.05) is 39.4 Å². The summed E-state index contributed by atoms with van der Waals surface area (Å²) in [5.41, 5.74) is 0.331. The van der Waals surface area contributed by atoms with Crippen LogP contribution in [0, 0.1) is 0 Å². The van der Waals surface area contributed by atoms with Crippen molar-refractivity contribution >= 4 is 16.2 Å². The maximum Gasteiger partial charge on any atom is 0.243 e. The summed E-state index contributed by atoms with van der Waals surface area (Å²) >= 11 is 0. The van der Waals surface area contributed by atoms with Crippen LogP contribution in [0.25, 0.3) is 0 Å². The third kappa shape index (κ3) is 4.28. The normalized spacial score (nSPS) is 13.7. The fourth-order valence-corrected chi connectivity index (χ4v) is 3.23. The van der Waals surface area contributed by atoms with Gasteiger partial charge < -0.3 is 0 Å². The van der Waals surface area contributed by atoms with Crippen molar-refractivity contribution in [3.63, 3.8) is 0 Å². The molecule has 21 heavy (non-hydrogen) atoms. The van der Waals surface area contributed by atoms with E-state index >= 15 is 0 Å². The summed E-state index contributed by atoms with van der Waals surface area (Å²) in [7, 11) is -3.43. The first-order chi connectivity index (χ1) is 9.62. The average Bonchev–Trinajstić information content (AvgIpc) is 2.39. The Morgan fingerprint density at radius 1 is 1.14 bits per heavy atom. The van der Waals surface area contributed by atoms with Crippen LogP contribution in [0.4, 0.5) is 0 Å². The Labute approximate surface area is 127 Å². The number of nitrogens with zero attached hydrogens (tertiary/aromatic N) is 2. The lowest BCUT2D eigenvalue weighted by atomic mass is 10.1. The molecule has 1 N–H and O–H groups in total. The molecule has 0 amide bonds. The van der Waals surface area contributed by atoms with Crippen molar-refractivity contribution in [1.82, 2.24) is 4.31 Å². The Bertz CT molecular complexity index is 595. The molecule has 0 aromatic heterocycles. The lowest BCUT2D eigenvalue weighted by Gasteiger charge is -2.18. The molecule has 1 rings (SSSR count). The first-order valence-corrected chi connectivity index (χ1v) is 8.50. The molecule has 118 valence electrons. The van der Waals surface area contributed by atoms with E-state index in [1.807, 2.05) is 34.6 Å². The third-order valence-electron chi connectivity index (χ3n) is 3.18. The van der Waals surface area contributed by atoms with Gasteiger partial charge in [-0.05, 0) is 29.0 Å². The molecule has 0 radical (unpaired) electrons. The molecule has 6 heteroatoms. The molecule has 0 fully saturated rings. The number of hydrogen-bond donors (Lipinski definition) is 1. The fraction of sp³-hybridized carbons (Fsp3) is 0.533. The van der Waals surface area contributed by atoms with Gasteiger partial charge in [-0.2, -0.15) is 4.31 Å². The molecule has 0 unspecified atom stereocenters. The highest BCUT2D eigenvalue weighted by atomic mass is 32.2. The summed E-state index contributed by atoms with van der Waals surface area (Å²) in [5.74, 6) is 0. The fourth-order valence-electron chi connectivity index (χ4n) is 1.77. The first-order valence-electron chi connectivity index (χ1n) is 7.06. The SMILES string of the molecule is CCN(CC)S(=O)(=O)c1ccc(/C=[N+](\O)C(C)(C)C)cc1. The Morgan fingerprint density at radius 2 is 1.62 bits per heavy atom. The van der Waals surface area contributed by atoms with Gasteiger partial charge in [0.2, 0.25) is 21.8 Å². The van der Waals surface area contributed by atoms with Gasteiger partial charge in [-0.25, -0.2) is 8.42 Å². The van der Waals surface area contributed by atoms with Crippen LogP contribution in [0.1, 0.15) is 40.2 Å². The topological polar surface area (TPSA) is 60.6 Å². The molecule has 0 heterocycles. The predicted octanol–water partition coefficient (Wildman–Crippen LogP) is 2.34. The summed E-state index contributed by atoms with van der Waals surface area (Å²) in [6.45, 7) is 10.2. The maximum absolute atomic E-state index is 12.3. The van der Waals surface area contributed by atoms with Crippen molar-refractivity contribution in [3.8, 4) is 0 Å². The number of sulfonamides is 1. The molecular weight excluding hydrogens is 288 g/mol. The predicted molar refractivity (Wildman–Crippen MR) is 83.5 cm³/mol. The van der Waals surface area contributed by atoms with Gasteiger partial charge in [-0.3, -0.25) is 5.21 Å². The van der Waals surface area contributed by atoms with E-state index in [1.54, 1.807) is 30.5 Å². The Hall–Kier alpha value is -1.40. The molecule has 0 aliphatic heterocycles. The van der Waals surface area contributed by atoms with Gasteiger partial charge in [-0.15, -0.1) is 0 Å². The van der Waals surface area contributed by atoms with Crippen LogP contribution in [0.3, 0.4) is 0 Å². The number of rotatable bonds is 5. The van der Waals surface area contributed by atoms with Crippen molar-refractivity contribution < 1.29 is 18.4 Å². The van der Waals surface area contributed by atoms with E-state index in [4.69, 9.17) is 0 Å². The number of hydrogen-bond acceptors (Lipinski definition) is 3. The van der Waals surface area contributed by atoms with Crippen molar-refractivity contribution in [2.24, 2.45) is 0 Å². The average molecular weight is 313 g/mol. The van der Waals surface area contributed by atoms with Crippen LogP contribution < -0.4 is 0 Å². The van der Waals surface area contributed by atoms with E-state index < -0.39 is 15.6 Å². The summed E-state index contributed by atoms with van der Waals surface area (Å²) in [6, 6.07) is 6.50. The van der Waals surface area contributed by atoms with Gasteiger partial charge in [0.1, 0.15) is 0 Å². The second kappa shape index (κ2) is 6.58. The Morgan fingerprint density at radius 3 is 2.00 bits per heavy atom. The molecule has 0 atom stereocenters. The zero-order chi connectivity index (χ0) is 16.3. The van der Waals surface area contributed by atoms with E-state index in [2.05, 4.69) is 0 Å². The minimum atomic E-state index is -3.43. The van der Waals surface area contributed by atoms with Crippen LogP contribution in [0.5, 0.6) is 0 Å². The van der Waals surface area contributed by atoms with Crippen molar-refractivity contribution in [2.75, 3.05) is 13.1 Å². The van der Waals surface area contributed by atoms with Crippen LogP contribution in [0.15, 0.2) is 29.2 Å². The second-order valence-electron chi connectivity index (χ2n) is 5.80. The molecule has 0 bridgehead atoms. The van der Waals surface area contributed by atoms with Crippen molar-refractivity contribution in [1.29, 1.82) is 0 Å². The van der Waals surface area contributed by atoms with Gasteiger partial charge in [0.05, 0.1) is 4.90 Å². The summed E-state index contributed by atoms with van der Waals surface area (Å²) < 4.78 is 27.2. The van der Waals surface area contributed by atoms with E-state index in [9.17, 15) is 13.6 Å². The van der Waals surface area contributed by atoms with E-state index in [0.29, 0.717) is 13.1 Å². The van der Waals surface area contributed by atoms with Crippen LogP contribution in [-0.4, -0.2) is 47.5 Å². The Kier molecular flexibility index (Phi) is 5.53. The van der Waals surface area contributed by atoms with E-state index in [0.717, 1.165) is 10.3 Å². The molecule has 0 aliphatic rings. The summed E-state index contributed by atoms with van der Waals surface area (Å²) in [5, 5.41) is 9.88. The summed E-state index contributed by atoms with van der Waals surface area (Å²) in [6.07, 6.45) is 1.58. The minimum Gasteiger partial charge on any atom is -0.290 e. The summed E-state index contributed by atoms with van der Waals surface area (Å²) in [4.78, 5) is 0.267. The highest BCUT2D eigenvalue weighted by Gasteiger charge is 2.24. The highest BCUT2D eigenvalue weighted by Crippen LogP contribution is 2.16. The van der Waals surface area contributed by atoms with Crippen molar-refractivity contribution in [3.05, 3.63) is 29.8 Å². The molecule has 1 aromatic rings. The quantitative estimate of drug-likeness (QED) is 0.393. The molecule has 5 nitrogen and oxygen atoms in total. The van der Waals surface area contributed by atoms with Crippen LogP contribution >= 0.6 is 0 Å². The third-order valence-corrected chi connectivity index (χ3v) is 5.25. The molecule has 0 saturated carbocycles. The van der Waals surface area contributed by atoms with E-state index in [-0.39, 0.29) is 4.90 Å². The van der Waals surface area contributed by atoms with Gasteiger partial charge in [0.25, 0.3) is 0 Å². The van der Waals surface area contributed by atoms with Gasteiger partial charge in [0.15, 0.2) is 0 Å². The van der Waals surface area contributed by atoms with Crippen LogP contribution in [-0.2, 0) is 10.0 Å². The first kappa shape index (κ1) is 17.7. The van der Waals surface area contributed by atoms with Crippen molar-refractivity contribution in [2.45, 2.75) is 45.1 Å². The van der Waals surface area contributed by atoms with Crippen LogP contribution in [0.2, 0.25) is 0 Å². The smallest absolute Gasteiger partial charge is 0.243 e. The van der Waals surface area contributed by atoms with Gasteiger partial charge >= 0.3 is 0 Å². The zero-order valence-corrected chi connectivity index (χ0v) is 14.2. The minimum absolute atomic E-state index is 0.267. The lowest BCUT2D eigenvalue weighted by Crippen LogP contribution is -2.31. The standard InChI is InChI=1S/C15H25N2O3S/c1-6-16(7-2)21(19,20)14-10-8-13(9-11-14)12-17(18)15(3,4)5/h8-12,18H,6-7H2,1-5H3/q+1/b17-12-. The monoisotopic (exact) mass is 313 g/mol. The van der Waals surface area contributed by atoms with Gasteiger partial charge in [-0.1, -0.05) is 13.8 Å². The number of benzene rings is 1. The zero-order valence-electron chi connectivity index (χ0n) is 13.4. The highest BCUT2D eigenvalue weighted by molar-refractivity contribution is 7.89. The second-order valence-corrected chi connectivity index (χ2v) is 7.74. The lowest BCUT2D eigenvalue weighted by molar-refractivity contribution is -0.816. The molecule has 1 aromatic carbocycles. The number of hydroxylamine groups is 1. The molecule has 0 spiro atoms. The molecule has 0 saturated heterocycles. The molecular formula is C15H25N2O3S+.